The van der Waals surface area contributed by atoms with Crippen LogP contribution in [-0.4, -0.2) is 4.75 Å². The highest BCUT2D eigenvalue weighted by molar-refractivity contribution is 8.00. The highest BCUT2D eigenvalue weighted by Crippen LogP contribution is 2.36. The minimum atomic E-state index is -0.412. The molecule has 4 heteroatoms. The van der Waals surface area contributed by atoms with E-state index in [2.05, 4.69) is 0 Å². The lowest BCUT2D eigenvalue weighted by Crippen LogP contribution is -2.08. The van der Waals surface area contributed by atoms with Gasteiger partial charge in [0.05, 0.1) is 11.4 Å². The summed E-state index contributed by atoms with van der Waals surface area (Å²) >= 11 is 1.44. The van der Waals surface area contributed by atoms with Crippen LogP contribution in [0.5, 0.6) is 0 Å². The van der Waals surface area contributed by atoms with Crippen LogP contribution in [0, 0.1) is 5.82 Å². The van der Waals surface area contributed by atoms with Crippen molar-refractivity contribution in [2.45, 2.75) is 30.4 Å². The van der Waals surface area contributed by atoms with Crippen LogP contribution < -0.4 is 11.5 Å². The van der Waals surface area contributed by atoms with Gasteiger partial charge in [-0.3, -0.25) is 0 Å². The maximum Gasteiger partial charge on any atom is 0.161 e. The summed E-state index contributed by atoms with van der Waals surface area (Å²) in [6, 6.07) is 3.30. The van der Waals surface area contributed by atoms with E-state index >= 15 is 0 Å². The molecule has 0 saturated carbocycles. The van der Waals surface area contributed by atoms with Gasteiger partial charge in [-0.05, 0) is 12.1 Å². The molecule has 0 spiro atoms. The predicted molar refractivity (Wildman–Crippen MR) is 60.8 cm³/mol. The molecule has 2 nitrogen and oxygen atoms in total. The van der Waals surface area contributed by atoms with Crippen LogP contribution in [0.2, 0.25) is 0 Å². The number of benzene rings is 1. The third-order valence-corrected chi connectivity index (χ3v) is 2.74. The molecule has 0 aliphatic heterocycles. The summed E-state index contributed by atoms with van der Waals surface area (Å²) < 4.78 is 13.5. The summed E-state index contributed by atoms with van der Waals surface area (Å²) in [7, 11) is 0. The minimum Gasteiger partial charge on any atom is -0.397 e. The van der Waals surface area contributed by atoms with Gasteiger partial charge in [0, 0.05) is 9.64 Å². The number of thioether (sulfide) groups is 1. The SMILES string of the molecule is CC(C)(C)Sc1ccc(N)c(N)c1F. The average molecular weight is 214 g/mol. The van der Waals surface area contributed by atoms with Gasteiger partial charge >= 0.3 is 0 Å². The minimum absolute atomic E-state index is 0.0383. The lowest BCUT2D eigenvalue weighted by atomic mass is 10.2. The molecule has 14 heavy (non-hydrogen) atoms. The van der Waals surface area contributed by atoms with E-state index in [0.29, 0.717) is 10.6 Å². The molecule has 0 aliphatic rings. The summed E-state index contributed by atoms with van der Waals surface area (Å²) in [5.41, 5.74) is 11.3. The van der Waals surface area contributed by atoms with E-state index in [1.165, 1.54) is 11.8 Å². The van der Waals surface area contributed by atoms with Crippen LogP contribution >= 0.6 is 11.8 Å². The summed E-state index contributed by atoms with van der Waals surface area (Å²) in [5, 5.41) is 0. The molecular formula is C10H15FN2S. The third-order valence-electron chi connectivity index (χ3n) is 1.59. The Labute approximate surface area is 87.9 Å². The van der Waals surface area contributed by atoms with Crippen molar-refractivity contribution in [3.8, 4) is 0 Å². The zero-order valence-corrected chi connectivity index (χ0v) is 9.41. The molecule has 0 saturated heterocycles. The molecule has 0 unspecified atom stereocenters. The molecule has 78 valence electrons. The fraction of sp³-hybridized carbons (Fsp3) is 0.400. The van der Waals surface area contributed by atoms with E-state index in [1.807, 2.05) is 20.8 Å². The van der Waals surface area contributed by atoms with Crippen molar-refractivity contribution in [3.63, 3.8) is 0 Å². The number of rotatable bonds is 1. The summed E-state index contributed by atoms with van der Waals surface area (Å²) in [5.74, 6) is -0.412. The average Bonchev–Trinajstić information content (AvgIpc) is 2.04. The van der Waals surface area contributed by atoms with Crippen molar-refractivity contribution in [2.24, 2.45) is 0 Å². The van der Waals surface area contributed by atoms with E-state index in [9.17, 15) is 4.39 Å². The topological polar surface area (TPSA) is 52.0 Å². The third kappa shape index (κ3) is 2.54. The van der Waals surface area contributed by atoms with Gasteiger partial charge in [-0.15, -0.1) is 11.8 Å². The molecule has 1 rings (SSSR count). The van der Waals surface area contributed by atoms with E-state index in [4.69, 9.17) is 11.5 Å². The van der Waals surface area contributed by atoms with Crippen LogP contribution in [-0.2, 0) is 0 Å². The van der Waals surface area contributed by atoms with E-state index in [1.54, 1.807) is 12.1 Å². The Balaban J connectivity index is 3.06. The normalized spacial score (nSPS) is 11.7. The van der Waals surface area contributed by atoms with Gasteiger partial charge in [0.1, 0.15) is 0 Å². The molecule has 4 N–H and O–H groups in total. The van der Waals surface area contributed by atoms with E-state index in [0.717, 1.165) is 0 Å². The maximum absolute atomic E-state index is 13.6. The summed E-state index contributed by atoms with van der Waals surface area (Å²) in [6.07, 6.45) is 0. The molecule has 0 aromatic heterocycles. The van der Waals surface area contributed by atoms with Crippen molar-refractivity contribution < 1.29 is 4.39 Å². The molecule has 1 aromatic rings. The zero-order valence-electron chi connectivity index (χ0n) is 8.60. The van der Waals surface area contributed by atoms with Crippen LogP contribution in [0.25, 0.3) is 0 Å². The van der Waals surface area contributed by atoms with Crippen molar-refractivity contribution in [1.29, 1.82) is 0 Å². The monoisotopic (exact) mass is 214 g/mol. The first-order chi connectivity index (χ1) is 6.31. The fourth-order valence-electron chi connectivity index (χ4n) is 0.997. The Kier molecular flexibility index (Phi) is 2.95. The van der Waals surface area contributed by atoms with Crippen LogP contribution in [0.3, 0.4) is 0 Å². The summed E-state index contributed by atoms with van der Waals surface area (Å²) in [4.78, 5) is 0.546. The van der Waals surface area contributed by atoms with Crippen molar-refractivity contribution >= 4 is 23.1 Å². The lowest BCUT2D eigenvalue weighted by Gasteiger charge is -2.18. The predicted octanol–water partition coefficient (Wildman–Crippen LogP) is 2.88. The first kappa shape index (κ1) is 11.2. The molecule has 0 atom stereocenters. The van der Waals surface area contributed by atoms with Gasteiger partial charge in [0.15, 0.2) is 5.82 Å². The molecule has 0 heterocycles. The van der Waals surface area contributed by atoms with Gasteiger partial charge < -0.3 is 11.5 Å². The van der Waals surface area contributed by atoms with Crippen LogP contribution in [0.1, 0.15) is 20.8 Å². The second kappa shape index (κ2) is 3.69. The van der Waals surface area contributed by atoms with Gasteiger partial charge in [-0.2, -0.15) is 0 Å². The maximum atomic E-state index is 13.6. The Hall–Kier alpha value is -0.900. The van der Waals surface area contributed by atoms with Crippen molar-refractivity contribution in [1.82, 2.24) is 0 Å². The van der Waals surface area contributed by atoms with Gasteiger partial charge in [0.2, 0.25) is 0 Å². The number of nitrogen functional groups attached to an aromatic ring is 2. The van der Waals surface area contributed by atoms with Gasteiger partial charge in [-0.25, -0.2) is 4.39 Å². The highest BCUT2D eigenvalue weighted by atomic mass is 32.2. The van der Waals surface area contributed by atoms with Gasteiger partial charge in [0.25, 0.3) is 0 Å². The molecule has 0 radical (unpaired) electrons. The largest absolute Gasteiger partial charge is 0.397 e. The Bertz CT molecular complexity index is 345. The number of anilines is 2. The number of nitrogens with two attached hydrogens (primary N) is 2. The first-order valence-electron chi connectivity index (χ1n) is 4.34. The number of halogens is 1. The molecule has 0 aliphatic carbocycles. The van der Waals surface area contributed by atoms with Crippen LogP contribution in [0.15, 0.2) is 17.0 Å². The molecule has 0 amide bonds. The Morgan fingerprint density at radius 3 is 2.29 bits per heavy atom. The van der Waals surface area contributed by atoms with Crippen LogP contribution in [0.4, 0.5) is 15.8 Å². The molecule has 1 aromatic carbocycles. The van der Waals surface area contributed by atoms with Crippen molar-refractivity contribution in [3.05, 3.63) is 17.9 Å². The quantitative estimate of drug-likeness (QED) is 0.558. The smallest absolute Gasteiger partial charge is 0.161 e. The van der Waals surface area contributed by atoms with Gasteiger partial charge in [-0.1, -0.05) is 20.8 Å². The van der Waals surface area contributed by atoms with E-state index < -0.39 is 5.82 Å². The van der Waals surface area contributed by atoms with E-state index in [-0.39, 0.29) is 10.4 Å². The Morgan fingerprint density at radius 2 is 1.79 bits per heavy atom. The molecule has 0 fully saturated rings. The first-order valence-corrected chi connectivity index (χ1v) is 5.15. The molecular weight excluding hydrogens is 199 g/mol. The lowest BCUT2D eigenvalue weighted by molar-refractivity contribution is 0.606. The number of hydrogen-bond acceptors (Lipinski definition) is 3. The standard InChI is InChI=1S/C10H15FN2S/c1-10(2,3)14-7-5-4-6(12)9(13)8(7)11/h4-5H,12-13H2,1-3H3. The van der Waals surface area contributed by atoms with Crippen molar-refractivity contribution in [2.75, 3.05) is 11.5 Å². The number of hydrogen-bond donors (Lipinski definition) is 2. The Morgan fingerprint density at radius 1 is 1.21 bits per heavy atom. The fourth-order valence-corrected chi connectivity index (χ4v) is 1.99. The summed E-state index contributed by atoms with van der Waals surface area (Å²) in [6.45, 7) is 6.05. The zero-order chi connectivity index (χ0) is 10.9. The molecule has 0 bridgehead atoms. The second-order valence-electron chi connectivity index (χ2n) is 4.10. The highest BCUT2D eigenvalue weighted by Gasteiger charge is 2.17. The second-order valence-corrected chi connectivity index (χ2v) is 5.96.